The van der Waals surface area contributed by atoms with Crippen molar-refractivity contribution in [2.75, 3.05) is 6.54 Å². The third-order valence-electron chi connectivity index (χ3n) is 3.79. The van der Waals surface area contributed by atoms with Gasteiger partial charge in [0.15, 0.2) is 0 Å². The molecule has 0 radical (unpaired) electrons. The first-order chi connectivity index (χ1) is 8.63. The summed E-state index contributed by atoms with van der Waals surface area (Å²) in [5, 5.41) is 3.14. The van der Waals surface area contributed by atoms with Crippen LogP contribution in [0.5, 0.6) is 0 Å². The van der Waals surface area contributed by atoms with Crippen LogP contribution in [0.2, 0.25) is 0 Å². The highest BCUT2D eigenvalue weighted by molar-refractivity contribution is 14.1. The quantitative estimate of drug-likeness (QED) is 0.775. The zero-order chi connectivity index (χ0) is 13.1. The van der Waals surface area contributed by atoms with Gasteiger partial charge < -0.3 is 11.1 Å². The summed E-state index contributed by atoms with van der Waals surface area (Å²) >= 11 is 2.26. The zero-order valence-corrected chi connectivity index (χ0v) is 14.0. The lowest BCUT2D eigenvalue weighted by Gasteiger charge is -2.20. The fourth-order valence-electron chi connectivity index (χ4n) is 2.61. The molecule has 19 heavy (non-hydrogen) atoms. The Morgan fingerprint density at radius 1 is 1.47 bits per heavy atom. The molecule has 1 aliphatic rings. The molecule has 5 heteroatoms. The topological polar surface area (TPSA) is 55.1 Å². The van der Waals surface area contributed by atoms with Crippen LogP contribution in [-0.2, 0) is 0 Å². The minimum atomic E-state index is 0. The van der Waals surface area contributed by atoms with Gasteiger partial charge in [0, 0.05) is 15.2 Å². The first-order valence-electron chi connectivity index (χ1n) is 6.39. The number of carbonyl (C=O) groups is 1. The van der Waals surface area contributed by atoms with E-state index in [4.69, 9.17) is 5.73 Å². The van der Waals surface area contributed by atoms with Crippen LogP contribution in [-0.4, -0.2) is 18.5 Å². The third kappa shape index (κ3) is 3.83. The van der Waals surface area contributed by atoms with E-state index >= 15 is 0 Å². The van der Waals surface area contributed by atoms with E-state index in [1.54, 1.807) is 0 Å². The smallest absolute Gasteiger partial charge is 0.251 e. The maximum absolute atomic E-state index is 12.3. The zero-order valence-electron chi connectivity index (χ0n) is 11.0. The molecule has 2 unspecified atom stereocenters. The summed E-state index contributed by atoms with van der Waals surface area (Å²) in [5.41, 5.74) is 7.58. The largest absolute Gasteiger partial charge is 0.349 e. The Morgan fingerprint density at radius 2 is 2.21 bits per heavy atom. The molecule has 106 valence electrons. The van der Waals surface area contributed by atoms with E-state index in [9.17, 15) is 4.79 Å². The van der Waals surface area contributed by atoms with Crippen molar-refractivity contribution >= 4 is 40.9 Å². The number of nitrogens with one attached hydrogen (secondary N) is 1. The van der Waals surface area contributed by atoms with Crippen LogP contribution in [0.1, 0.15) is 35.2 Å². The molecule has 2 atom stereocenters. The number of amides is 1. The van der Waals surface area contributed by atoms with E-state index in [0.717, 1.165) is 34.0 Å². The van der Waals surface area contributed by atoms with Crippen molar-refractivity contribution in [1.29, 1.82) is 0 Å². The molecule has 0 bridgehead atoms. The Labute approximate surface area is 134 Å². The average molecular weight is 395 g/mol. The van der Waals surface area contributed by atoms with E-state index < -0.39 is 0 Å². The number of carbonyl (C=O) groups excluding carboxylic acids is 1. The van der Waals surface area contributed by atoms with E-state index in [2.05, 4.69) is 27.9 Å². The van der Waals surface area contributed by atoms with Crippen LogP contribution in [0.25, 0.3) is 0 Å². The Morgan fingerprint density at radius 3 is 2.89 bits per heavy atom. The van der Waals surface area contributed by atoms with Crippen LogP contribution >= 0.6 is 35.0 Å². The maximum Gasteiger partial charge on any atom is 0.251 e. The molecule has 0 aromatic heterocycles. The normalized spacial score (nSPS) is 21.8. The first kappa shape index (κ1) is 16.7. The second-order valence-electron chi connectivity index (χ2n) is 4.92. The Bertz CT molecular complexity index is 453. The van der Waals surface area contributed by atoms with E-state index in [1.807, 2.05) is 25.1 Å². The molecule has 0 heterocycles. The van der Waals surface area contributed by atoms with E-state index in [0.29, 0.717) is 12.5 Å². The van der Waals surface area contributed by atoms with Gasteiger partial charge in [0.1, 0.15) is 0 Å². The van der Waals surface area contributed by atoms with Crippen LogP contribution in [0.4, 0.5) is 0 Å². The van der Waals surface area contributed by atoms with Crippen LogP contribution < -0.4 is 11.1 Å². The fourth-order valence-corrected chi connectivity index (χ4v) is 3.11. The molecule has 1 aromatic rings. The van der Waals surface area contributed by atoms with Crippen molar-refractivity contribution in [3.05, 3.63) is 32.9 Å². The predicted molar refractivity (Wildman–Crippen MR) is 88.8 cm³/mol. The van der Waals surface area contributed by atoms with Gasteiger partial charge in [0.25, 0.3) is 5.91 Å². The highest BCUT2D eigenvalue weighted by atomic mass is 127. The minimum Gasteiger partial charge on any atom is -0.349 e. The van der Waals surface area contributed by atoms with Gasteiger partial charge >= 0.3 is 0 Å². The molecule has 3 nitrogen and oxygen atoms in total. The second-order valence-corrected chi connectivity index (χ2v) is 6.08. The van der Waals surface area contributed by atoms with Gasteiger partial charge in [-0.15, -0.1) is 12.4 Å². The highest BCUT2D eigenvalue weighted by Crippen LogP contribution is 2.25. The van der Waals surface area contributed by atoms with Crippen molar-refractivity contribution in [2.45, 2.75) is 32.2 Å². The van der Waals surface area contributed by atoms with E-state index in [-0.39, 0.29) is 24.4 Å². The Hall–Kier alpha value is -0.330. The number of benzene rings is 1. The van der Waals surface area contributed by atoms with Crippen molar-refractivity contribution in [3.63, 3.8) is 0 Å². The molecular formula is C14H20ClIN2O. The summed E-state index contributed by atoms with van der Waals surface area (Å²) in [6.45, 7) is 2.65. The summed E-state index contributed by atoms with van der Waals surface area (Å²) < 4.78 is 1.13. The maximum atomic E-state index is 12.3. The average Bonchev–Trinajstić information content (AvgIpc) is 2.79. The van der Waals surface area contributed by atoms with Gasteiger partial charge in [0.05, 0.1) is 0 Å². The number of hydrogen-bond acceptors (Lipinski definition) is 2. The molecule has 1 aliphatic carbocycles. The summed E-state index contributed by atoms with van der Waals surface area (Å²) in [7, 11) is 0. The molecule has 0 saturated heterocycles. The SMILES string of the molecule is Cc1c(I)cccc1C(=O)NC1CCCC1CN.Cl. The van der Waals surface area contributed by atoms with Crippen LogP contribution in [0.15, 0.2) is 18.2 Å². The molecule has 2 rings (SSSR count). The predicted octanol–water partition coefficient (Wildman–Crippen LogP) is 2.88. The number of halogens is 2. The standard InChI is InChI=1S/C14H19IN2O.ClH/c1-9-11(5-3-6-12(9)15)14(18)17-13-7-2-4-10(13)8-16;/h3,5-6,10,13H,2,4,7-8,16H2,1H3,(H,17,18);1H. The number of rotatable bonds is 3. The van der Waals surface area contributed by atoms with Gasteiger partial charge in [-0.25, -0.2) is 0 Å². The minimum absolute atomic E-state index is 0. The van der Waals surface area contributed by atoms with Gasteiger partial charge in [-0.05, 0) is 72.5 Å². The lowest BCUT2D eigenvalue weighted by atomic mass is 10.0. The van der Waals surface area contributed by atoms with Gasteiger partial charge in [0.2, 0.25) is 0 Å². The van der Waals surface area contributed by atoms with Crippen molar-refractivity contribution in [3.8, 4) is 0 Å². The third-order valence-corrected chi connectivity index (χ3v) is 4.96. The molecule has 1 amide bonds. The van der Waals surface area contributed by atoms with Gasteiger partial charge in [-0.3, -0.25) is 4.79 Å². The van der Waals surface area contributed by atoms with Gasteiger partial charge in [-0.2, -0.15) is 0 Å². The molecular weight excluding hydrogens is 375 g/mol. The van der Waals surface area contributed by atoms with Gasteiger partial charge in [-0.1, -0.05) is 12.5 Å². The molecule has 3 N–H and O–H groups in total. The summed E-state index contributed by atoms with van der Waals surface area (Å²) in [5.74, 6) is 0.480. The lowest BCUT2D eigenvalue weighted by Crippen LogP contribution is -2.40. The second kappa shape index (κ2) is 7.45. The first-order valence-corrected chi connectivity index (χ1v) is 7.47. The van der Waals surface area contributed by atoms with Crippen molar-refractivity contribution in [2.24, 2.45) is 11.7 Å². The summed E-state index contributed by atoms with van der Waals surface area (Å²) in [4.78, 5) is 12.3. The summed E-state index contributed by atoms with van der Waals surface area (Å²) in [6.07, 6.45) is 3.35. The molecule has 1 aromatic carbocycles. The monoisotopic (exact) mass is 394 g/mol. The highest BCUT2D eigenvalue weighted by Gasteiger charge is 2.27. The number of hydrogen-bond donors (Lipinski definition) is 2. The van der Waals surface area contributed by atoms with Crippen LogP contribution in [0, 0.1) is 16.4 Å². The molecule has 0 aliphatic heterocycles. The summed E-state index contributed by atoms with van der Waals surface area (Å²) in [6, 6.07) is 6.09. The Kier molecular flexibility index (Phi) is 6.56. The fraction of sp³-hybridized carbons (Fsp3) is 0.500. The molecule has 0 spiro atoms. The van der Waals surface area contributed by atoms with Crippen molar-refractivity contribution in [1.82, 2.24) is 5.32 Å². The van der Waals surface area contributed by atoms with E-state index in [1.165, 1.54) is 0 Å². The molecule has 1 saturated carbocycles. The molecule has 1 fully saturated rings. The van der Waals surface area contributed by atoms with Crippen molar-refractivity contribution < 1.29 is 4.79 Å². The Balaban J connectivity index is 0.00000180. The lowest BCUT2D eigenvalue weighted by molar-refractivity contribution is 0.0928. The number of nitrogens with two attached hydrogens (primary N) is 1. The van der Waals surface area contributed by atoms with Crippen LogP contribution in [0.3, 0.4) is 0 Å².